The Kier molecular flexibility index (Phi) is 9.91. The molecular weight excluding hydrogens is 556 g/mol. The third kappa shape index (κ3) is 7.48. The van der Waals surface area contributed by atoms with Gasteiger partial charge in [0.1, 0.15) is 11.7 Å². The summed E-state index contributed by atoms with van der Waals surface area (Å²) in [4.78, 5) is 13.1. The summed E-state index contributed by atoms with van der Waals surface area (Å²) in [5.41, 5.74) is 2.00. The van der Waals surface area contributed by atoms with Crippen molar-refractivity contribution in [2.75, 3.05) is 13.2 Å². The van der Waals surface area contributed by atoms with Crippen molar-refractivity contribution < 1.29 is 33.2 Å². The number of Topliss-reactive ketones (excluding diaryl/α,β-unsaturated/α-hetero) is 1. The zero-order valence-electron chi connectivity index (χ0n) is 25.8. The molecule has 7 atom stereocenters. The lowest BCUT2D eigenvalue weighted by molar-refractivity contribution is -0.335. The maximum Gasteiger partial charge on any atom is 0.164 e. The number of hydrogen-bond donors (Lipinski definition) is 0. The van der Waals surface area contributed by atoms with Gasteiger partial charge in [0.2, 0.25) is 0 Å². The molecule has 3 aliphatic rings. The lowest BCUT2D eigenvalue weighted by Crippen LogP contribution is -2.68. The van der Waals surface area contributed by atoms with Crippen LogP contribution in [0.1, 0.15) is 56.2 Å². The molecule has 3 aliphatic heterocycles. The zero-order valence-corrected chi connectivity index (χ0v) is 25.8. The first-order valence-corrected chi connectivity index (χ1v) is 15.8. The molecule has 7 heteroatoms. The number of ether oxygens (including phenoxy) is 6. The topological polar surface area (TPSA) is 72.5 Å². The molecule has 3 fully saturated rings. The number of carbonyl (C=O) groups excluding carboxylic acids is 1. The summed E-state index contributed by atoms with van der Waals surface area (Å²) < 4.78 is 38.7. The molecule has 234 valence electrons. The Morgan fingerprint density at radius 1 is 0.750 bits per heavy atom. The summed E-state index contributed by atoms with van der Waals surface area (Å²) in [7, 11) is 0. The summed E-state index contributed by atoms with van der Waals surface area (Å²) in [6.45, 7) is 6.49. The normalized spacial score (nSPS) is 31.7. The van der Waals surface area contributed by atoms with Gasteiger partial charge in [0.05, 0.1) is 56.4 Å². The van der Waals surface area contributed by atoms with Crippen LogP contribution in [0.5, 0.6) is 0 Å². The smallest absolute Gasteiger partial charge is 0.164 e. The molecule has 0 aromatic heterocycles. The first-order valence-electron chi connectivity index (χ1n) is 15.8. The second kappa shape index (κ2) is 14.0. The van der Waals surface area contributed by atoms with E-state index in [1.807, 2.05) is 66.7 Å². The first-order chi connectivity index (χ1) is 21.4. The molecule has 3 heterocycles. The van der Waals surface area contributed by atoms with Crippen LogP contribution in [0, 0.1) is 0 Å². The average Bonchev–Trinajstić information content (AvgIpc) is 3.03. The van der Waals surface area contributed by atoms with Gasteiger partial charge < -0.3 is 28.4 Å². The second-order valence-electron chi connectivity index (χ2n) is 12.8. The van der Waals surface area contributed by atoms with Crippen LogP contribution in [0.4, 0.5) is 0 Å². The van der Waals surface area contributed by atoms with Crippen molar-refractivity contribution in [2.24, 2.45) is 0 Å². The Morgan fingerprint density at radius 2 is 1.34 bits per heavy atom. The van der Waals surface area contributed by atoms with Crippen molar-refractivity contribution in [3.8, 4) is 0 Å². The maximum atomic E-state index is 13.1. The van der Waals surface area contributed by atoms with Gasteiger partial charge in [-0.2, -0.15) is 0 Å². The molecule has 7 nitrogen and oxygen atoms in total. The number of fused-ring (bicyclic) bond motifs is 2. The third-order valence-electron chi connectivity index (χ3n) is 9.15. The quantitative estimate of drug-likeness (QED) is 0.229. The van der Waals surface area contributed by atoms with E-state index in [4.69, 9.17) is 28.4 Å². The minimum atomic E-state index is -0.708. The molecule has 0 spiro atoms. The molecule has 3 aromatic carbocycles. The van der Waals surface area contributed by atoms with Gasteiger partial charge in [-0.25, -0.2) is 0 Å². The Hall–Kier alpha value is -2.91. The van der Waals surface area contributed by atoms with Gasteiger partial charge in [0, 0.05) is 32.3 Å². The van der Waals surface area contributed by atoms with Crippen molar-refractivity contribution in [3.05, 3.63) is 108 Å². The number of benzene rings is 3. The largest absolute Gasteiger partial charge is 0.377 e. The number of ketones is 1. The second-order valence-corrected chi connectivity index (χ2v) is 12.8. The number of rotatable bonds is 12. The van der Waals surface area contributed by atoms with Gasteiger partial charge in [0.25, 0.3) is 0 Å². The number of carbonyl (C=O) groups is 1. The van der Waals surface area contributed by atoms with Gasteiger partial charge in [-0.15, -0.1) is 0 Å². The maximum absolute atomic E-state index is 13.1. The van der Waals surface area contributed by atoms with Crippen LogP contribution in [0.15, 0.2) is 91.0 Å². The van der Waals surface area contributed by atoms with Gasteiger partial charge in [0.15, 0.2) is 5.78 Å². The first kappa shape index (κ1) is 31.1. The van der Waals surface area contributed by atoms with Gasteiger partial charge in [-0.05, 0) is 30.5 Å². The predicted molar refractivity (Wildman–Crippen MR) is 166 cm³/mol. The third-order valence-corrected chi connectivity index (χ3v) is 9.15. The van der Waals surface area contributed by atoms with Crippen LogP contribution in [0.3, 0.4) is 0 Å². The standard InChI is InChI=1S/C37H44O7/c1-36-22-33-32(20-30(38)31(42-33)18-19-39-23-27-12-6-3-7-13-27)43-35(36)21-34(41-25-29-16-10-5-11-17-29)37(2,44-36)26-40-24-28-14-8-4-9-15-28/h3-17,31-35H,18-26H2,1-2H3/t31-,32+,33+,34-,35+,36-,37+/m0/s1. The molecule has 0 unspecified atom stereocenters. The Balaban J connectivity index is 1.10. The Morgan fingerprint density at radius 3 is 1.98 bits per heavy atom. The van der Waals surface area contributed by atoms with Crippen molar-refractivity contribution in [1.29, 1.82) is 0 Å². The SMILES string of the molecule is C[C@]1(COCc2ccccc2)O[C@@]2(C)C[C@H]3O[C@@H](CCOCc4ccccc4)C(=O)C[C@H]3O[C@@H]2C[C@@H]1OCc1ccccc1. The summed E-state index contributed by atoms with van der Waals surface area (Å²) in [6, 6.07) is 30.4. The van der Waals surface area contributed by atoms with Crippen LogP contribution >= 0.6 is 0 Å². The van der Waals surface area contributed by atoms with E-state index in [2.05, 4.69) is 38.1 Å². The fraction of sp³-hybridized carbons (Fsp3) is 0.486. The highest BCUT2D eigenvalue weighted by molar-refractivity contribution is 5.84. The van der Waals surface area contributed by atoms with Crippen LogP contribution in [0.2, 0.25) is 0 Å². The van der Waals surface area contributed by atoms with Gasteiger partial charge >= 0.3 is 0 Å². The molecule has 0 amide bonds. The molecule has 0 N–H and O–H groups in total. The van der Waals surface area contributed by atoms with Crippen molar-refractivity contribution in [1.82, 2.24) is 0 Å². The van der Waals surface area contributed by atoms with Crippen LogP contribution in [-0.4, -0.2) is 60.7 Å². The lowest BCUT2D eigenvalue weighted by Gasteiger charge is -2.58. The van der Waals surface area contributed by atoms with Crippen LogP contribution in [-0.2, 0) is 53.0 Å². The van der Waals surface area contributed by atoms with Crippen LogP contribution in [0.25, 0.3) is 0 Å². The highest BCUT2D eigenvalue weighted by atomic mass is 16.6. The minimum Gasteiger partial charge on any atom is -0.377 e. The molecule has 6 rings (SSSR count). The van der Waals surface area contributed by atoms with Crippen molar-refractivity contribution in [3.63, 3.8) is 0 Å². The number of hydrogen-bond acceptors (Lipinski definition) is 7. The highest BCUT2D eigenvalue weighted by Crippen LogP contribution is 2.47. The fourth-order valence-electron chi connectivity index (χ4n) is 6.76. The summed E-state index contributed by atoms with van der Waals surface area (Å²) in [5.74, 6) is 0.0749. The average molecular weight is 601 g/mol. The fourth-order valence-corrected chi connectivity index (χ4v) is 6.76. The van der Waals surface area contributed by atoms with E-state index < -0.39 is 17.3 Å². The van der Waals surface area contributed by atoms with Crippen molar-refractivity contribution in [2.45, 2.75) is 101 Å². The molecule has 0 saturated carbocycles. The van der Waals surface area contributed by atoms with E-state index in [9.17, 15) is 4.79 Å². The van der Waals surface area contributed by atoms with Gasteiger partial charge in [-0.3, -0.25) is 4.79 Å². The summed E-state index contributed by atoms with van der Waals surface area (Å²) in [5, 5.41) is 0. The zero-order chi connectivity index (χ0) is 30.4. The summed E-state index contributed by atoms with van der Waals surface area (Å²) >= 11 is 0. The van der Waals surface area contributed by atoms with E-state index in [0.29, 0.717) is 58.7 Å². The van der Waals surface area contributed by atoms with Crippen LogP contribution < -0.4 is 0 Å². The van der Waals surface area contributed by atoms with Gasteiger partial charge in [-0.1, -0.05) is 91.0 Å². The summed E-state index contributed by atoms with van der Waals surface area (Å²) in [6.07, 6.45) is 0.630. The molecule has 0 bridgehead atoms. The molecular formula is C37H44O7. The Labute approximate surface area is 260 Å². The molecule has 0 radical (unpaired) electrons. The Bertz CT molecular complexity index is 1340. The van der Waals surface area contributed by atoms with E-state index in [0.717, 1.165) is 16.7 Å². The minimum absolute atomic E-state index is 0.0749. The highest BCUT2D eigenvalue weighted by Gasteiger charge is 2.59. The van der Waals surface area contributed by atoms with E-state index in [1.54, 1.807) is 0 Å². The van der Waals surface area contributed by atoms with Crippen molar-refractivity contribution >= 4 is 5.78 Å². The lowest BCUT2D eigenvalue weighted by atomic mass is 9.76. The molecule has 44 heavy (non-hydrogen) atoms. The molecule has 0 aliphatic carbocycles. The monoisotopic (exact) mass is 600 g/mol. The molecule has 3 aromatic rings. The van der Waals surface area contributed by atoms with E-state index >= 15 is 0 Å². The predicted octanol–water partition coefficient (Wildman–Crippen LogP) is 6.22. The van der Waals surface area contributed by atoms with E-state index in [1.165, 1.54) is 0 Å². The molecule has 3 saturated heterocycles. The van der Waals surface area contributed by atoms with E-state index in [-0.39, 0.29) is 30.2 Å².